The normalized spacial score (nSPS) is 23.0. The van der Waals surface area contributed by atoms with Crippen molar-refractivity contribution in [1.82, 2.24) is 15.1 Å². The van der Waals surface area contributed by atoms with Gasteiger partial charge in [-0.3, -0.25) is 19.8 Å². The van der Waals surface area contributed by atoms with Gasteiger partial charge in [0.15, 0.2) is 0 Å². The monoisotopic (exact) mass is 384 g/mol. The third-order valence-electron chi connectivity index (χ3n) is 6.60. The maximum Gasteiger partial charge on any atom is 0.329 e. The van der Waals surface area contributed by atoms with Crippen LogP contribution in [0.3, 0.4) is 0 Å². The molecular formula is C21H28N4O3. The molecule has 3 fully saturated rings. The number of amides is 4. The van der Waals surface area contributed by atoms with Crippen LogP contribution in [0, 0.1) is 5.41 Å². The van der Waals surface area contributed by atoms with Crippen molar-refractivity contribution in [2.75, 3.05) is 44.7 Å². The number of piperidine rings is 1. The van der Waals surface area contributed by atoms with Crippen molar-refractivity contribution in [3.63, 3.8) is 0 Å². The van der Waals surface area contributed by atoms with E-state index in [1.54, 1.807) is 24.3 Å². The van der Waals surface area contributed by atoms with E-state index in [-0.39, 0.29) is 18.4 Å². The van der Waals surface area contributed by atoms with Crippen LogP contribution in [0.1, 0.15) is 42.5 Å². The molecule has 0 aliphatic carbocycles. The van der Waals surface area contributed by atoms with Crippen molar-refractivity contribution in [3.8, 4) is 0 Å². The van der Waals surface area contributed by atoms with E-state index in [0.29, 0.717) is 16.7 Å². The molecule has 4 rings (SSSR count). The molecule has 0 atom stereocenters. The lowest BCUT2D eigenvalue weighted by molar-refractivity contribution is -0.117. The van der Waals surface area contributed by atoms with Gasteiger partial charge >= 0.3 is 6.03 Å². The number of carbonyl (C=O) groups excluding carboxylic acids is 3. The van der Waals surface area contributed by atoms with Crippen LogP contribution < -0.4 is 10.2 Å². The van der Waals surface area contributed by atoms with E-state index in [1.165, 1.54) is 24.2 Å². The number of hydrogen-bond donors (Lipinski definition) is 1. The fourth-order valence-electron chi connectivity index (χ4n) is 4.67. The van der Waals surface area contributed by atoms with Gasteiger partial charge in [-0.25, -0.2) is 4.79 Å². The highest BCUT2D eigenvalue weighted by Gasteiger charge is 2.36. The fraction of sp³-hybridized carbons (Fsp3) is 0.571. The number of urea groups is 1. The predicted molar refractivity (Wildman–Crippen MR) is 106 cm³/mol. The largest absolute Gasteiger partial charge is 0.339 e. The number of rotatable bonds is 2. The molecule has 0 aromatic heterocycles. The molecule has 4 amide bonds. The van der Waals surface area contributed by atoms with Crippen LogP contribution in [0.4, 0.5) is 10.5 Å². The van der Waals surface area contributed by atoms with Gasteiger partial charge < -0.3 is 9.80 Å². The topological polar surface area (TPSA) is 73.0 Å². The molecule has 0 bridgehead atoms. The summed E-state index contributed by atoms with van der Waals surface area (Å²) in [6, 6.07) is 6.57. The minimum Gasteiger partial charge on any atom is -0.339 e. The minimum absolute atomic E-state index is 0.0233. The summed E-state index contributed by atoms with van der Waals surface area (Å²) in [7, 11) is 2.19. The maximum absolute atomic E-state index is 13.0. The van der Waals surface area contributed by atoms with Crippen molar-refractivity contribution in [2.45, 2.75) is 32.1 Å². The second kappa shape index (κ2) is 7.54. The van der Waals surface area contributed by atoms with Crippen LogP contribution in [0.5, 0.6) is 0 Å². The Morgan fingerprint density at radius 2 is 1.64 bits per heavy atom. The standard InChI is InChI=1S/C21H28N4O3/c1-23-12-8-21(9-13-23)7-2-11-24(14-10-21)19(27)16-3-5-17(6-4-16)25-15-18(26)22-20(25)28/h3-6H,2,7-15H2,1H3,(H,22,26,28). The van der Waals surface area contributed by atoms with E-state index in [9.17, 15) is 14.4 Å². The highest BCUT2D eigenvalue weighted by atomic mass is 16.2. The van der Waals surface area contributed by atoms with Gasteiger partial charge in [-0.15, -0.1) is 0 Å². The van der Waals surface area contributed by atoms with Gasteiger partial charge in [0.1, 0.15) is 6.54 Å². The van der Waals surface area contributed by atoms with Crippen molar-refractivity contribution in [1.29, 1.82) is 0 Å². The Balaban J connectivity index is 1.40. The van der Waals surface area contributed by atoms with E-state index in [0.717, 1.165) is 39.0 Å². The average molecular weight is 384 g/mol. The first-order chi connectivity index (χ1) is 13.5. The van der Waals surface area contributed by atoms with Crippen LogP contribution >= 0.6 is 0 Å². The summed E-state index contributed by atoms with van der Waals surface area (Å²) in [5, 5.41) is 2.26. The van der Waals surface area contributed by atoms with E-state index in [2.05, 4.69) is 17.3 Å². The summed E-state index contributed by atoms with van der Waals surface area (Å²) in [5.74, 6) is -0.254. The van der Waals surface area contributed by atoms with Gasteiger partial charge in [-0.2, -0.15) is 0 Å². The molecule has 0 unspecified atom stereocenters. The lowest BCUT2D eigenvalue weighted by atomic mass is 9.73. The molecule has 28 heavy (non-hydrogen) atoms. The van der Waals surface area contributed by atoms with Crippen LogP contribution in [-0.4, -0.2) is 67.4 Å². The Morgan fingerprint density at radius 1 is 0.964 bits per heavy atom. The number of benzene rings is 1. The molecule has 1 N–H and O–H groups in total. The zero-order valence-corrected chi connectivity index (χ0v) is 16.4. The molecule has 3 aliphatic heterocycles. The molecule has 1 aromatic rings. The second-order valence-corrected chi connectivity index (χ2v) is 8.44. The van der Waals surface area contributed by atoms with Crippen LogP contribution in [0.2, 0.25) is 0 Å². The number of hydrogen-bond acceptors (Lipinski definition) is 4. The molecule has 0 radical (unpaired) electrons. The van der Waals surface area contributed by atoms with Gasteiger partial charge in [-0.1, -0.05) is 0 Å². The van der Waals surface area contributed by atoms with Gasteiger partial charge in [0.05, 0.1) is 0 Å². The molecule has 1 aromatic carbocycles. The summed E-state index contributed by atoms with van der Waals surface area (Å²) in [6.45, 7) is 3.95. The van der Waals surface area contributed by atoms with E-state index in [4.69, 9.17) is 0 Å². The van der Waals surface area contributed by atoms with Crippen molar-refractivity contribution >= 4 is 23.5 Å². The zero-order chi connectivity index (χ0) is 19.7. The molecular weight excluding hydrogens is 356 g/mol. The number of carbonyl (C=O) groups is 3. The summed E-state index contributed by atoms with van der Waals surface area (Å²) in [4.78, 5) is 41.9. The molecule has 3 saturated heterocycles. The number of anilines is 1. The Morgan fingerprint density at radius 3 is 2.29 bits per heavy atom. The Bertz CT molecular complexity index is 768. The third-order valence-corrected chi connectivity index (χ3v) is 6.60. The third kappa shape index (κ3) is 3.76. The van der Waals surface area contributed by atoms with Gasteiger partial charge in [0.2, 0.25) is 5.91 Å². The zero-order valence-electron chi connectivity index (χ0n) is 16.4. The predicted octanol–water partition coefficient (Wildman–Crippen LogP) is 2.08. The van der Waals surface area contributed by atoms with E-state index < -0.39 is 6.03 Å². The lowest BCUT2D eigenvalue weighted by Gasteiger charge is -2.40. The average Bonchev–Trinajstić information content (AvgIpc) is 2.91. The quantitative estimate of drug-likeness (QED) is 0.793. The summed E-state index contributed by atoms with van der Waals surface area (Å²) in [5.41, 5.74) is 1.66. The number of likely N-dealkylation sites (tertiary alicyclic amines) is 2. The van der Waals surface area contributed by atoms with E-state index in [1.807, 2.05) is 4.90 Å². The van der Waals surface area contributed by atoms with Crippen molar-refractivity contribution in [2.24, 2.45) is 5.41 Å². The molecule has 7 nitrogen and oxygen atoms in total. The van der Waals surface area contributed by atoms with Crippen molar-refractivity contribution < 1.29 is 14.4 Å². The SMILES string of the molecule is CN1CCC2(CCCN(C(=O)c3ccc(N4CC(=O)NC4=O)cc3)CC2)CC1. The van der Waals surface area contributed by atoms with Gasteiger partial charge in [0, 0.05) is 24.3 Å². The smallest absolute Gasteiger partial charge is 0.329 e. The number of imide groups is 1. The Kier molecular flexibility index (Phi) is 5.10. The van der Waals surface area contributed by atoms with Crippen LogP contribution in [-0.2, 0) is 4.79 Å². The Hall–Kier alpha value is -2.41. The number of nitrogens with one attached hydrogen (secondary N) is 1. The highest BCUT2D eigenvalue weighted by Crippen LogP contribution is 2.41. The van der Waals surface area contributed by atoms with Crippen LogP contribution in [0.15, 0.2) is 24.3 Å². The van der Waals surface area contributed by atoms with Crippen LogP contribution in [0.25, 0.3) is 0 Å². The van der Waals surface area contributed by atoms with E-state index >= 15 is 0 Å². The number of nitrogens with zero attached hydrogens (tertiary/aromatic N) is 3. The molecule has 150 valence electrons. The fourth-order valence-corrected chi connectivity index (χ4v) is 4.67. The van der Waals surface area contributed by atoms with Gasteiger partial charge in [0.25, 0.3) is 5.91 Å². The first-order valence-corrected chi connectivity index (χ1v) is 10.2. The Labute approximate surface area is 165 Å². The lowest BCUT2D eigenvalue weighted by Crippen LogP contribution is -2.39. The first kappa shape index (κ1) is 18.9. The summed E-state index contributed by atoms with van der Waals surface area (Å²) in [6.07, 6.45) is 5.82. The molecule has 0 saturated carbocycles. The van der Waals surface area contributed by atoms with Gasteiger partial charge in [-0.05, 0) is 81.9 Å². The molecule has 3 aliphatic rings. The molecule has 3 heterocycles. The maximum atomic E-state index is 13.0. The summed E-state index contributed by atoms with van der Waals surface area (Å²) >= 11 is 0. The molecule has 7 heteroatoms. The van der Waals surface area contributed by atoms with Crippen molar-refractivity contribution in [3.05, 3.63) is 29.8 Å². The minimum atomic E-state index is -0.417. The highest BCUT2D eigenvalue weighted by molar-refractivity contribution is 6.12. The first-order valence-electron chi connectivity index (χ1n) is 10.2. The second-order valence-electron chi connectivity index (χ2n) is 8.44. The summed E-state index contributed by atoms with van der Waals surface area (Å²) < 4.78 is 0. The molecule has 1 spiro atoms.